The maximum absolute atomic E-state index is 5.65. The van der Waals surface area contributed by atoms with Gasteiger partial charge in [0.1, 0.15) is 0 Å². The van der Waals surface area contributed by atoms with Gasteiger partial charge in [-0.15, -0.1) is 10.2 Å². The van der Waals surface area contributed by atoms with Crippen LogP contribution < -0.4 is 5.32 Å². The molecule has 0 bridgehead atoms. The normalized spacial score (nSPS) is 10.7. The molecule has 0 aliphatic carbocycles. The molecule has 2 rings (SSSR count). The SMILES string of the molecule is CNCCCc1nnc(-c2ccccc2C)o1. The predicted octanol–water partition coefficient (Wildman–Crippen LogP) is 2.20. The lowest BCUT2D eigenvalue weighted by atomic mass is 10.1. The molecule has 0 unspecified atom stereocenters. The van der Waals surface area contributed by atoms with Gasteiger partial charge < -0.3 is 9.73 Å². The summed E-state index contributed by atoms with van der Waals surface area (Å²) >= 11 is 0. The third kappa shape index (κ3) is 2.91. The highest BCUT2D eigenvalue weighted by Crippen LogP contribution is 2.21. The van der Waals surface area contributed by atoms with Crippen molar-refractivity contribution in [3.8, 4) is 11.5 Å². The lowest BCUT2D eigenvalue weighted by Gasteiger charge is -1.98. The summed E-state index contributed by atoms with van der Waals surface area (Å²) in [4.78, 5) is 0. The van der Waals surface area contributed by atoms with E-state index in [0.29, 0.717) is 11.8 Å². The maximum Gasteiger partial charge on any atom is 0.247 e. The van der Waals surface area contributed by atoms with Gasteiger partial charge >= 0.3 is 0 Å². The molecule has 0 atom stereocenters. The van der Waals surface area contributed by atoms with Crippen molar-refractivity contribution in [2.24, 2.45) is 0 Å². The summed E-state index contributed by atoms with van der Waals surface area (Å²) in [5.74, 6) is 1.32. The highest BCUT2D eigenvalue weighted by molar-refractivity contribution is 5.57. The van der Waals surface area contributed by atoms with E-state index in [1.807, 2.05) is 38.2 Å². The molecular formula is C13H17N3O. The number of nitrogens with one attached hydrogen (secondary N) is 1. The Balaban J connectivity index is 2.10. The fraction of sp³-hybridized carbons (Fsp3) is 0.385. The molecule has 1 aromatic heterocycles. The molecule has 1 N–H and O–H groups in total. The number of rotatable bonds is 5. The molecule has 0 aliphatic rings. The minimum Gasteiger partial charge on any atom is -0.421 e. The molecule has 0 fully saturated rings. The van der Waals surface area contributed by atoms with Gasteiger partial charge in [-0.1, -0.05) is 18.2 Å². The monoisotopic (exact) mass is 231 g/mol. The van der Waals surface area contributed by atoms with Gasteiger partial charge in [0.2, 0.25) is 11.8 Å². The van der Waals surface area contributed by atoms with Crippen LogP contribution in [0.4, 0.5) is 0 Å². The largest absolute Gasteiger partial charge is 0.421 e. The molecular weight excluding hydrogens is 214 g/mol. The Hall–Kier alpha value is -1.68. The number of aryl methyl sites for hydroxylation is 2. The second-order valence-electron chi connectivity index (χ2n) is 4.02. The van der Waals surface area contributed by atoms with Crippen LogP contribution in [-0.2, 0) is 6.42 Å². The van der Waals surface area contributed by atoms with Crippen molar-refractivity contribution in [2.45, 2.75) is 19.8 Å². The average molecular weight is 231 g/mol. The summed E-state index contributed by atoms with van der Waals surface area (Å²) < 4.78 is 5.65. The van der Waals surface area contributed by atoms with Crippen LogP contribution in [0.3, 0.4) is 0 Å². The molecule has 0 radical (unpaired) electrons. The van der Waals surface area contributed by atoms with Gasteiger partial charge in [-0.2, -0.15) is 0 Å². The molecule has 1 heterocycles. The third-order valence-corrected chi connectivity index (χ3v) is 2.66. The zero-order valence-electron chi connectivity index (χ0n) is 10.2. The first-order valence-corrected chi connectivity index (χ1v) is 5.84. The summed E-state index contributed by atoms with van der Waals surface area (Å²) in [5, 5.41) is 11.2. The van der Waals surface area contributed by atoms with Crippen LogP contribution >= 0.6 is 0 Å². The molecule has 0 amide bonds. The van der Waals surface area contributed by atoms with Crippen LogP contribution in [0.25, 0.3) is 11.5 Å². The highest BCUT2D eigenvalue weighted by Gasteiger charge is 2.09. The Labute approximate surface area is 101 Å². The summed E-state index contributed by atoms with van der Waals surface area (Å²) in [5.41, 5.74) is 2.16. The van der Waals surface area contributed by atoms with Crippen molar-refractivity contribution in [3.05, 3.63) is 35.7 Å². The van der Waals surface area contributed by atoms with Crippen molar-refractivity contribution >= 4 is 0 Å². The molecule has 0 spiro atoms. The topological polar surface area (TPSA) is 51.0 Å². The Bertz CT molecular complexity index is 479. The van der Waals surface area contributed by atoms with Gasteiger partial charge in [0, 0.05) is 12.0 Å². The maximum atomic E-state index is 5.65. The molecule has 0 saturated carbocycles. The number of hydrogen-bond donors (Lipinski definition) is 1. The molecule has 4 nitrogen and oxygen atoms in total. The lowest BCUT2D eigenvalue weighted by Crippen LogP contribution is -2.08. The van der Waals surface area contributed by atoms with Gasteiger partial charge in [0.25, 0.3) is 0 Å². The van der Waals surface area contributed by atoms with Crippen molar-refractivity contribution in [3.63, 3.8) is 0 Å². The number of benzene rings is 1. The third-order valence-electron chi connectivity index (χ3n) is 2.66. The second kappa shape index (κ2) is 5.59. The van der Waals surface area contributed by atoms with E-state index in [1.54, 1.807) is 0 Å². The molecule has 90 valence electrons. The zero-order chi connectivity index (χ0) is 12.1. The van der Waals surface area contributed by atoms with E-state index in [4.69, 9.17) is 4.42 Å². The van der Waals surface area contributed by atoms with Crippen molar-refractivity contribution < 1.29 is 4.42 Å². The lowest BCUT2D eigenvalue weighted by molar-refractivity contribution is 0.494. The van der Waals surface area contributed by atoms with E-state index in [2.05, 4.69) is 15.5 Å². The molecule has 0 aliphatic heterocycles. The molecule has 2 aromatic rings. The Morgan fingerprint density at radius 1 is 1.24 bits per heavy atom. The highest BCUT2D eigenvalue weighted by atomic mass is 16.4. The van der Waals surface area contributed by atoms with Crippen LogP contribution in [0.1, 0.15) is 17.9 Å². The summed E-state index contributed by atoms with van der Waals surface area (Å²) in [6.07, 6.45) is 1.83. The Morgan fingerprint density at radius 3 is 2.82 bits per heavy atom. The Morgan fingerprint density at radius 2 is 2.06 bits per heavy atom. The van der Waals surface area contributed by atoms with Gasteiger partial charge in [-0.3, -0.25) is 0 Å². The fourth-order valence-electron chi connectivity index (χ4n) is 1.69. The predicted molar refractivity (Wildman–Crippen MR) is 66.7 cm³/mol. The summed E-state index contributed by atoms with van der Waals surface area (Å²) in [6.45, 7) is 3.00. The minimum absolute atomic E-state index is 0.613. The first kappa shape index (κ1) is 11.8. The van der Waals surface area contributed by atoms with E-state index < -0.39 is 0 Å². The van der Waals surface area contributed by atoms with Gasteiger partial charge in [-0.05, 0) is 38.6 Å². The van der Waals surface area contributed by atoms with Gasteiger partial charge in [0.05, 0.1) is 0 Å². The van der Waals surface area contributed by atoms with Gasteiger partial charge in [-0.25, -0.2) is 0 Å². The first-order chi connectivity index (χ1) is 8.31. The molecule has 4 heteroatoms. The van der Waals surface area contributed by atoms with Gasteiger partial charge in [0.15, 0.2) is 0 Å². The minimum atomic E-state index is 0.613. The van der Waals surface area contributed by atoms with Crippen LogP contribution in [0.2, 0.25) is 0 Å². The van der Waals surface area contributed by atoms with Crippen molar-refractivity contribution in [2.75, 3.05) is 13.6 Å². The quantitative estimate of drug-likeness (QED) is 0.801. The molecule has 0 saturated heterocycles. The number of aromatic nitrogens is 2. The van der Waals surface area contributed by atoms with Crippen LogP contribution in [0.5, 0.6) is 0 Å². The first-order valence-electron chi connectivity index (χ1n) is 5.84. The van der Waals surface area contributed by atoms with E-state index >= 15 is 0 Å². The van der Waals surface area contributed by atoms with Crippen LogP contribution in [0.15, 0.2) is 28.7 Å². The molecule has 1 aromatic carbocycles. The summed E-state index contributed by atoms with van der Waals surface area (Å²) in [7, 11) is 1.94. The smallest absolute Gasteiger partial charge is 0.247 e. The fourth-order valence-corrected chi connectivity index (χ4v) is 1.69. The average Bonchev–Trinajstić information content (AvgIpc) is 2.79. The van der Waals surface area contributed by atoms with Crippen molar-refractivity contribution in [1.29, 1.82) is 0 Å². The van der Waals surface area contributed by atoms with E-state index in [0.717, 1.165) is 30.5 Å². The van der Waals surface area contributed by atoms with Crippen molar-refractivity contribution in [1.82, 2.24) is 15.5 Å². The van der Waals surface area contributed by atoms with E-state index in [1.165, 1.54) is 0 Å². The standard InChI is InChI=1S/C13H17N3O/c1-10-6-3-4-7-11(10)13-16-15-12(17-13)8-5-9-14-2/h3-4,6-7,14H,5,8-9H2,1-2H3. The van der Waals surface area contributed by atoms with E-state index in [-0.39, 0.29) is 0 Å². The number of hydrogen-bond acceptors (Lipinski definition) is 4. The molecule has 17 heavy (non-hydrogen) atoms. The zero-order valence-corrected chi connectivity index (χ0v) is 10.2. The Kier molecular flexibility index (Phi) is 3.88. The van der Waals surface area contributed by atoms with Crippen LogP contribution in [0, 0.1) is 6.92 Å². The number of nitrogens with zero attached hydrogens (tertiary/aromatic N) is 2. The van der Waals surface area contributed by atoms with Crippen LogP contribution in [-0.4, -0.2) is 23.8 Å². The summed E-state index contributed by atoms with van der Waals surface area (Å²) in [6, 6.07) is 8.02. The van der Waals surface area contributed by atoms with E-state index in [9.17, 15) is 0 Å². The second-order valence-corrected chi connectivity index (χ2v) is 4.02.